The number of carbonyl (C=O) groups excluding carboxylic acids is 1. The summed E-state index contributed by atoms with van der Waals surface area (Å²) in [4.78, 5) is 17.9. The van der Waals surface area contributed by atoms with Gasteiger partial charge in [-0.3, -0.25) is 4.79 Å². The van der Waals surface area contributed by atoms with Crippen LogP contribution in [0.4, 0.5) is 11.6 Å². The highest BCUT2D eigenvalue weighted by atomic mass is 16.1. The molecule has 1 aromatic rings. The predicted molar refractivity (Wildman–Crippen MR) is 44.1 cm³/mol. The van der Waals surface area contributed by atoms with E-state index >= 15 is 0 Å². The van der Waals surface area contributed by atoms with E-state index < -0.39 is 5.91 Å². The molecule has 0 unspecified atom stereocenters. The number of anilines is 2. The fourth-order valence-electron chi connectivity index (χ4n) is 0.595. The lowest BCUT2D eigenvalue weighted by Crippen LogP contribution is -2.22. The fourth-order valence-corrected chi connectivity index (χ4v) is 0.595. The Morgan fingerprint density at radius 2 is 2.08 bits per heavy atom. The highest BCUT2D eigenvalue weighted by Crippen LogP contribution is 1.99. The number of nitrogens with one attached hydrogen (secondary N) is 1. The van der Waals surface area contributed by atoms with Gasteiger partial charge in [-0.05, 0) is 0 Å². The van der Waals surface area contributed by atoms with Gasteiger partial charge in [0.25, 0.3) is 0 Å². The van der Waals surface area contributed by atoms with E-state index in [1.165, 1.54) is 12.4 Å². The summed E-state index contributed by atoms with van der Waals surface area (Å²) in [5, 5.41) is 2.62. The fraction of sp³-hybridized carbons (Fsp3) is 0.167. The smallest absolute Gasteiger partial charge is 0.236 e. The number of nitrogen functional groups attached to an aromatic ring is 1. The molecule has 1 rings (SSSR count). The van der Waals surface area contributed by atoms with Gasteiger partial charge in [0, 0.05) is 0 Å². The first kappa shape index (κ1) is 8.25. The van der Waals surface area contributed by atoms with Crippen LogP contribution in [-0.2, 0) is 4.79 Å². The summed E-state index contributed by atoms with van der Waals surface area (Å²) in [6, 6.07) is 0. The zero-order valence-electron chi connectivity index (χ0n) is 6.32. The van der Waals surface area contributed by atoms with Crippen LogP contribution in [-0.4, -0.2) is 22.4 Å². The van der Waals surface area contributed by atoms with E-state index in [-0.39, 0.29) is 6.54 Å². The molecule has 0 aliphatic rings. The maximum atomic E-state index is 10.3. The average Bonchev–Trinajstić information content (AvgIpc) is 2.03. The van der Waals surface area contributed by atoms with Crippen molar-refractivity contribution in [2.75, 3.05) is 17.6 Å². The topological polar surface area (TPSA) is 107 Å². The molecule has 64 valence electrons. The Morgan fingerprint density at radius 3 is 2.58 bits per heavy atom. The molecule has 1 amide bonds. The summed E-state index contributed by atoms with van der Waals surface area (Å²) in [7, 11) is 0. The maximum absolute atomic E-state index is 10.3. The zero-order chi connectivity index (χ0) is 8.97. The summed E-state index contributed by atoms with van der Waals surface area (Å²) in [5.74, 6) is -0.126. The molecule has 1 aromatic heterocycles. The van der Waals surface area contributed by atoms with E-state index in [0.717, 1.165) is 0 Å². The van der Waals surface area contributed by atoms with Gasteiger partial charge in [0.05, 0.1) is 24.6 Å². The highest BCUT2D eigenvalue weighted by molar-refractivity contribution is 5.78. The number of primary amides is 1. The largest absolute Gasteiger partial charge is 0.396 e. The minimum atomic E-state index is -0.463. The summed E-state index contributed by atoms with van der Waals surface area (Å²) in [6.45, 7) is 0.0178. The second kappa shape index (κ2) is 3.51. The van der Waals surface area contributed by atoms with Crippen molar-refractivity contribution in [1.82, 2.24) is 9.97 Å². The van der Waals surface area contributed by atoms with Crippen LogP contribution in [0.25, 0.3) is 0 Å². The molecule has 1 heterocycles. The summed E-state index contributed by atoms with van der Waals surface area (Å²) < 4.78 is 0. The molecular formula is C6H9N5O. The quantitative estimate of drug-likeness (QED) is 0.532. The molecule has 6 nitrogen and oxygen atoms in total. The highest BCUT2D eigenvalue weighted by Gasteiger charge is 1.96. The monoisotopic (exact) mass is 167 g/mol. The molecule has 0 radical (unpaired) electrons. The number of nitrogens with two attached hydrogens (primary N) is 2. The molecule has 0 fully saturated rings. The predicted octanol–water partition coefficient (Wildman–Crippen LogP) is -1.04. The van der Waals surface area contributed by atoms with Crippen molar-refractivity contribution in [3.63, 3.8) is 0 Å². The van der Waals surface area contributed by atoms with Gasteiger partial charge in [-0.15, -0.1) is 0 Å². The Morgan fingerprint density at radius 1 is 1.50 bits per heavy atom. The van der Waals surface area contributed by atoms with Crippen LogP contribution in [0, 0.1) is 0 Å². The van der Waals surface area contributed by atoms with Crippen LogP contribution in [0.2, 0.25) is 0 Å². The lowest BCUT2D eigenvalue weighted by Gasteiger charge is -2.00. The van der Waals surface area contributed by atoms with Crippen LogP contribution in [0.15, 0.2) is 12.4 Å². The number of hydrogen-bond acceptors (Lipinski definition) is 5. The van der Waals surface area contributed by atoms with Crippen LogP contribution in [0.1, 0.15) is 0 Å². The van der Waals surface area contributed by atoms with E-state index in [9.17, 15) is 4.79 Å². The Kier molecular flexibility index (Phi) is 2.42. The molecule has 0 aromatic carbocycles. The van der Waals surface area contributed by atoms with Crippen molar-refractivity contribution < 1.29 is 4.79 Å². The second-order valence-corrected chi connectivity index (χ2v) is 2.16. The molecule has 0 aliphatic heterocycles. The molecule has 5 N–H and O–H groups in total. The minimum absolute atomic E-state index is 0.0178. The first-order valence-electron chi connectivity index (χ1n) is 3.28. The molecule has 0 spiro atoms. The van der Waals surface area contributed by atoms with Gasteiger partial charge in [-0.25, -0.2) is 9.97 Å². The van der Waals surface area contributed by atoms with E-state index in [0.29, 0.717) is 11.6 Å². The first-order valence-corrected chi connectivity index (χ1v) is 3.28. The maximum Gasteiger partial charge on any atom is 0.236 e. The molecule has 6 heteroatoms. The van der Waals surface area contributed by atoms with Crippen molar-refractivity contribution in [3.8, 4) is 0 Å². The summed E-state index contributed by atoms with van der Waals surface area (Å²) in [6.07, 6.45) is 2.88. The van der Waals surface area contributed by atoms with Gasteiger partial charge >= 0.3 is 0 Å². The second-order valence-electron chi connectivity index (χ2n) is 2.16. The number of nitrogens with zero attached hydrogens (tertiary/aromatic N) is 2. The normalized spacial score (nSPS) is 9.33. The Hall–Kier alpha value is -1.85. The Bertz CT molecular complexity index is 270. The van der Waals surface area contributed by atoms with Crippen molar-refractivity contribution in [2.45, 2.75) is 0 Å². The van der Waals surface area contributed by atoms with Gasteiger partial charge in [-0.2, -0.15) is 0 Å². The zero-order valence-corrected chi connectivity index (χ0v) is 6.32. The average molecular weight is 167 g/mol. The van der Waals surface area contributed by atoms with Crippen molar-refractivity contribution >= 4 is 17.5 Å². The van der Waals surface area contributed by atoms with Crippen molar-refractivity contribution in [1.29, 1.82) is 0 Å². The van der Waals surface area contributed by atoms with E-state index in [2.05, 4.69) is 15.3 Å². The van der Waals surface area contributed by atoms with Crippen LogP contribution < -0.4 is 16.8 Å². The molecule has 12 heavy (non-hydrogen) atoms. The van der Waals surface area contributed by atoms with Gasteiger partial charge in [0.2, 0.25) is 11.9 Å². The Labute approximate surface area is 69.0 Å². The third kappa shape index (κ3) is 2.41. The van der Waals surface area contributed by atoms with Gasteiger partial charge < -0.3 is 16.8 Å². The molecule has 0 saturated carbocycles. The number of carbonyl (C=O) groups is 1. The minimum Gasteiger partial charge on any atom is -0.396 e. The van der Waals surface area contributed by atoms with Crippen molar-refractivity contribution in [2.24, 2.45) is 5.73 Å². The summed E-state index contributed by atoms with van der Waals surface area (Å²) in [5.41, 5.74) is 10.7. The SMILES string of the molecule is NC(=O)CNc1ncc(N)cn1. The van der Waals surface area contributed by atoms with E-state index in [4.69, 9.17) is 11.5 Å². The third-order valence-electron chi connectivity index (χ3n) is 1.09. The van der Waals surface area contributed by atoms with Gasteiger partial charge in [0.1, 0.15) is 0 Å². The lowest BCUT2D eigenvalue weighted by molar-refractivity contribution is -0.116. The molecule has 0 saturated heterocycles. The van der Waals surface area contributed by atoms with Gasteiger partial charge in [-0.1, -0.05) is 0 Å². The molecular weight excluding hydrogens is 158 g/mol. The summed E-state index contributed by atoms with van der Waals surface area (Å²) >= 11 is 0. The Balaban J connectivity index is 2.53. The van der Waals surface area contributed by atoms with Crippen molar-refractivity contribution in [3.05, 3.63) is 12.4 Å². The lowest BCUT2D eigenvalue weighted by atomic mass is 10.5. The van der Waals surface area contributed by atoms with Gasteiger partial charge in [0.15, 0.2) is 0 Å². The number of rotatable bonds is 3. The standard InChI is InChI=1S/C6H9N5O/c7-4-1-9-6(10-2-4)11-3-5(8)12/h1-2H,3,7H2,(H2,8,12)(H,9,10,11). The number of hydrogen-bond donors (Lipinski definition) is 3. The number of aromatic nitrogens is 2. The van der Waals surface area contributed by atoms with E-state index in [1.54, 1.807) is 0 Å². The van der Waals surface area contributed by atoms with Crippen LogP contribution in [0.3, 0.4) is 0 Å². The molecule has 0 atom stereocenters. The molecule has 0 bridgehead atoms. The molecule has 0 aliphatic carbocycles. The van der Waals surface area contributed by atoms with E-state index in [1.807, 2.05) is 0 Å². The van der Waals surface area contributed by atoms with Crippen LogP contribution in [0.5, 0.6) is 0 Å². The van der Waals surface area contributed by atoms with Crippen LogP contribution >= 0.6 is 0 Å². The third-order valence-corrected chi connectivity index (χ3v) is 1.09. The first-order chi connectivity index (χ1) is 5.68. The number of amides is 1.